The van der Waals surface area contributed by atoms with E-state index in [0.29, 0.717) is 4.99 Å². The number of pyridine rings is 1. The lowest BCUT2D eigenvalue weighted by Crippen LogP contribution is -2.47. The average Bonchev–Trinajstić information content (AvgIpc) is 2.86. The molecule has 1 fully saturated rings. The summed E-state index contributed by atoms with van der Waals surface area (Å²) >= 11 is 5.08. The standard InChI is InChI=1S/C14H22N4S/c1-18(2)14(6-3-4-7-14)10-17-12-9-16-8-5-11(12)13(15)19/h5,8-9,17H,3-4,6-7,10H2,1-2H3,(H2,15,19). The summed E-state index contributed by atoms with van der Waals surface area (Å²) in [5.41, 5.74) is 7.79. The van der Waals surface area contributed by atoms with Gasteiger partial charge in [0.05, 0.1) is 11.9 Å². The third-order valence-electron chi connectivity index (χ3n) is 4.18. The Hall–Kier alpha value is -1.20. The summed E-state index contributed by atoms with van der Waals surface area (Å²) in [5, 5.41) is 3.49. The molecular weight excluding hydrogens is 256 g/mol. The van der Waals surface area contributed by atoms with E-state index < -0.39 is 0 Å². The summed E-state index contributed by atoms with van der Waals surface area (Å²) in [4.78, 5) is 6.90. The molecule has 0 bridgehead atoms. The third kappa shape index (κ3) is 3.04. The molecule has 0 aliphatic heterocycles. The lowest BCUT2D eigenvalue weighted by atomic mass is 9.96. The largest absolute Gasteiger partial charge is 0.389 e. The predicted octanol–water partition coefficient (Wildman–Crippen LogP) is 2.00. The Morgan fingerprint density at radius 1 is 1.47 bits per heavy atom. The minimum Gasteiger partial charge on any atom is -0.389 e. The SMILES string of the molecule is CN(C)C1(CNc2cnccc2C(N)=S)CCCC1. The molecule has 3 N–H and O–H groups in total. The van der Waals surface area contributed by atoms with Crippen LogP contribution >= 0.6 is 12.2 Å². The van der Waals surface area contributed by atoms with Crippen molar-refractivity contribution < 1.29 is 0 Å². The summed E-state index contributed by atoms with van der Waals surface area (Å²) in [5.74, 6) is 0. The fourth-order valence-electron chi connectivity index (χ4n) is 2.83. The second kappa shape index (κ2) is 5.84. The minimum atomic E-state index is 0.239. The molecule has 0 unspecified atom stereocenters. The van der Waals surface area contributed by atoms with Crippen LogP contribution in [0.25, 0.3) is 0 Å². The van der Waals surface area contributed by atoms with Crippen molar-refractivity contribution in [1.82, 2.24) is 9.88 Å². The molecule has 1 heterocycles. The quantitative estimate of drug-likeness (QED) is 0.807. The van der Waals surface area contributed by atoms with Gasteiger partial charge in [0.25, 0.3) is 0 Å². The van der Waals surface area contributed by atoms with Crippen molar-refractivity contribution in [2.45, 2.75) is 31.2 Å². The lowest BCUT2D eigenvalue weighted by molar-refractivity contribution is 0.172. The van der Waals surface area contributed by atoms with Crippen LogP contribution in [0.1, 0.15) is 31.2 Å². The van der Waals surface area contributed by atoms with E-state index in [0.717, 1.165) is 17.8 Å². The van der Waals surface area contributed by atoms with Crippen molar-refractivity contribution >= 4 is 22.9 Å². The number of rotatable bonds is 5. The fourth-order valence-corrected chi connectivity index (χ4v) is 3.00. The van der Waals surface area contributed by atoms with Gasteiger partial charge in [-0.2, -0.15) is 0 Å². The van der Waals surface area contributed by atoms with Crippen molar-refractivity contribution in [2.24, 2.45) is 5.73 Å². The summed E-state index contributed by atoms with van der Waals surface area (Å²) in [6.45, 7) is 0.904. The summed E-state index contributed by atoms with van der Waals surface area (Å²) in [7, 11) is 4.31. The maximum atomic E-state index is 5.74. The lowest BCUT2D eigenvalue weighted by Gasteiger charge is -2.37. The molecule has 19 heavy (non-hydrogen) atoms. The predicted molar refractivity (Wildman–Crippen MR) is 83.5 cm³/mol. The van der Waals surface area contributed by atoms with Gasteiger partial charge in [-0.15, -0.1) is 0 Å². The number of hydrogen-bond acceptors (Lipinski definition) is 4. The zero-order valence-electron chi connectivity index (χ0n) is 11.6. The highest BCUT2D eigenvalue weighted by Gasteiger charge is 2.35. The molecule has 4 nitrogen and oxygen atoms in total. The maximum Gasteiger partial charge on any atom is 0.106 e. The fraction of sp³-hybridized carbons (Fsp3) is 0.571. The second-order valence-corrected chi connectivity index (χ2v) is 5.90. The van der Waals surface area contributed by atoms with E-state index in [4.69, 9.17) is 18.0 Å². The summed E-state index contributed by atoms with van der Waals surface area (Å²) in [6.07, 6.45) is 8.58. The first-order valence-electron chi connectivity index (χ1n) is 6.70. The molecule has 5 heteroatoms. The smallest absolute Gasteiger partial charge is 0.106 e. The molecule has 1 aromatic rings. The molecule has 1 saturated carbocycles. The molecule has 0 saturated heterocycles. The Morgan fingerprint density at radius 3 is 2.74 bits per heavy atom. The Bertz CT molecular complexity index is 453. The Morgan fingerprint density at radius 2 is 2.16 bits per heavy atom. The molecule has 0 atom stereocenters. The van der Waals surface area contributed by atoms with Gasteiger partial charge in [0, 0.05) is 23.8 Å². The van der Waals surface area contributed by atoms with Crippen molar-refractivity contribution in [3.63, 3.8) is 0 Å². The summed E-state index contributed by atoms with van der Waals surface area (Å²) in [6, 6.07) is 1.86. The number of nitrogens with one attached hydrogen (secondary N) is 1. The maximum absolute atomic E-state index is 5.74. The molecule has 0 spiro atoms. The van der Waals surface area contributed by atoms with Crippen molar-refractivity contribution in [2.75, 3.05) is 26.0 Å². The molecule has 1 aliphatic rings. The number of aromatic nitrogens is 1. The zero-order chi connectivity index (χ0) is 13.9. The van der Waals surface area contributed by atoms with Crippen LogP contribution in [0.4, 0.5) is 5.69 Å². The average molecular weight is 278 g/mol. The van der Waals surface area contributed by atoms with Crippen LogP contribution in [-0.4, -0.2) is 41.1 Å². The van der Waals surface area contributed by atoms with Gasteiger partial charge >= 0.3 is 0 Å². The highest BCUT2D eigenvalue weighted by molar-refractivity contribution is 7.80. The molecule has 1 aromatic heterocycles. The molecule has 0 amide bonds. The molecule has 1 aliphatic carbocycles. The van der Waals surface area contributed by atoms with Crippen LogP contribution < -0.4 is 11.1 Å². The van der Waals surface area contributed by atoms with Gasteiger partial charge in [0.15, 0.2) is 0 Å². The van der Waals surface area contributed by atoms with Gasteiger partial charge in [0.1, 0.15) is 4.99 Å². The van der Waals surface area contributed by atoms with Gasteiger partial charge < -0.3 is 16.0 Å². The van der Waals surface area contributed by atoms with Crippen LogP contribution in [0.15, 0.2) is 18.5 Å². The minimum absolute atomic E-state index is 0.239. The van der Waals surface area contributed by atoms with Crippen LogP contribution in [-0.2, 0) is 0 Å². The van der Waals surface area contributed by atoms with E-state index in [2.05, 4.69) is 29.3 Å². The zero-order valence-corrected chi connectivity index (χ0v) is 12.5. The van der Waals surface area contributed by atoms with E-state index >= 15 is 0 Å². The van der Waals surface area contributed by atoms with Crippen LogP contribution in [0.5, 0.6) is 0 Å². The van der Waals surface area contributed by atoms with Gasteiger partial charge in [-0.1, -0.05) is 25.1 Å². The summed E-state index contributed by atoms with van der Waals surface area (Å²) < 4.78 is 0. The number of anilines is 1. The monoisotopic (exact) mass is 278 g/mol. The van der Waals surface area contributed by atoms with Crippen molar-refractivity contribution in [1.29, 1.82) is 0 Å². The van der Waals surface area contributed by atoms with E-state index in [9.17, 15) is 0 Å². The van der Waals surface area contributed by atoms with Crippen LogP contribution in [0.3, 0.4) is 0 Å². The van der Waals surface area contributed by atoms with Gasteiger partial charge in [-0.25, -0.2) is 0 Å². The first-order chi connectivity index (χ1) is 9.05. The molecule has 104 valence electrons. The first-order valence-corrected chi connectivity index (χ1v) is 7.11. The topological polar surface area (TPSA) is 54.2 Å². The third-order valence-corrected chi connectivity index (χ3v) is 4.40. The van der Waals surface area contributed by atoms with E-state index in [1.54, 1.807) is 12.4 Å². The van der Waals surface area contributed by atoms with Crippen LogP contribution in [0, 0.1) is 0 Å². The van der Waals surface area contributed by atoms with Crippen molar-refractivity contribution in [3.05, 3.63) is 24.0 Å². The van der Waals surface area contributed by atoms with E-state index in [-0.39, 0.29) is 5.54 Å². The molecule has 2 rings (SSSR count). The highest BCUT2D eigenvalue weighted by Crippen LogP contribution is 2.34. The number of thiocarbonyl (C=S) groups is 1. The van der Waals surface area contributed by atoms with E-state index in [1.165, 1.54) is 25.7 Å². The second-order valence-electron chi connectivity index (χ2n) is 5.46. The number of likely N-dealkylation sites (N-methyl/N-ethyl adjacent to an activating group) is 1. The van der Waals surface area contributed by atoms with Gasteiger partial charge in [-0.05, 0) is 33.0 Å². The number of hydrogen-bond donors (Lipinski definition) is 2. The molecule has 0 aromatic carbocycles. The first kappa shape index (κ1) is 14.2. The Kier molecular flexibility index (Phi) is 4.37. The Labute approximate surface area is 120 Å². The van der Waals surface area contributed by atoms with E-state index in [1.807, 2.05) is 6.07 Å². The van der Waals surface area contributed by atoms with Crippen LogP contribution in [0.2, 0.25) is 0 Å². The molecule has 0 radical (unpaired) electrons. The van der Waals surface area contributed by atoms with Gasteiger partial charge in [-0.3, -0.25) is 4.98 Å². The molecular formula is C14H22N4S. The number of nitrogens with zero attached hydrogens (tertiary/aromatic N) is 2. The normalized spacial score (nSPS) is 17.6. The van der Waals surface area contributed by atoms with Crippen molar-refractivity contribution in [3.8, 4) is 0 Å². The highest BCUT2D eigenvalue weighted by atomic mass is 32.1. The Balaban J connectivity index is 2.12. The van der Waals surface area contributed by atoms with Gasteiger partial charge in [0.2, 0.25) is 0 Å². The number of nitrogens with two attached hydrogens (primary N) is 1.